The first-order valence-electron chi connectivity index (χ1n) is 14.3. The average Bonchev–Trinajstić information content (AvgIpc) is 2.96. The molecule has 0 aromatic rings. The van der Waals surface area contributed by atoms with Crippen LogP contribution in [0.5, 0.6) is 0 Å². The lowest BCUT2D eigenvalue weighted by atomic mass is 9.96. The molecule has 1 aliphatic heterocycles. The van der Waals surface area contributed by atoms with Crippen molar-refractivity contribution in [3.63, 3.8) is 0 Å². The van der Waals surface area contributed by atoms with Gasteiger partial charge in [-0.05, 0) is 33.1 Å². The highest BCUT2D eigenvalue weighted by atomic mass is 16.6. The SMILES string of the molecule is CC(=O)N[C@H]1C(O)O[C@H](CO)[C@@H](O)[C@@H]1O[C@H](C)C(=O)N[C@@H](C)C(=O)N[C@H](CCC(=O)N[C@@H](CCC[C@@H]([NH3+])C(=O)[O-])C(=O)[O-])C(=O)[O-].[NH4+].[NH4+]. The van der Waals surface area contributed by atoms with E-state index in [2.05, 4.69) is 27.0 Å². The molecule has 0 aliphatic carbocycles. The Bertz CT molecular complexity index is 1110. The first-order valence-corrected chi connectivity index (χ1v) is 14.3. The molecular weight excluding hydrogens is 650 g/mol. The van der Waals surface area contributed by atoms with Gasteiger partial charge >= 0.3 is 0 Å². The standard InChI is InChI=1S/C26H43N5O15.2H3N/c1-10(28-22(37)11(2)45-20-18(29-12(3)33)26(44)46-16(9-32)19(20)35)21(36)31-15(25(42)43)7-8-17(34)30-14(24(40)41)6-4-5-13(27)23(38)39;;/h10-11,13-16,18-20,26,32,35,44H,4-9,27H2,1-3H3,(H,28,37)(H,29,33)(H,30,34)(H,31,36)(H,38,39)(H,40,41)(H,42,43);2*1H3/t10-,11+,13+,14-,15+,16+,18+,19+,20+,26?;;/m0../s1. The number of carboxylic acid groups (broad SMARTS) is 3. The number of aliphatic hydroxyl groups excluding tert-OH is 3. The minimum atomic E-state index is -1.79. The van der Waals surface area contributed by atoms with E-state index in [1.807, 2.05) is 0 Å². The van der Waals surface area contributed by atoms with Gasteiger partial charge in [-0.2, -0.15) is 0 Å². The van der Waals surface area contributed by atoms with Crippen molar-refractivity contribution in [2.75, 3.05) is 6.61 Å². The number of quaternary nitrogens is 3. The second kappa shape index (κ2) is 21.8. The maximum atomic E-state index is 12.7. The van der Waals surface area contributed by atoms with Crippen LogP contribution in [0.25, 0.3) is 0 Å². The first kappa shape index (κ1) is 46.1. The van der Waals surface area contributed by atoms with Gasteiger partial charge in [0.15, 0.2) is 6.29 Å². The summed E-state index contributed by atoms with van der Waals surface area (Å²) in [6, 6.07) is -7.06. The molecule has 1 unspecified atom stereocenters. The van der Waals surface area contributed by atoms with Crippen molar-refractivity contribution in [1.82, 2.24) is 33.6 Å². The molecule has 1 heterocycles. The number of carboxylic acids is 3. The van der Waals surface area contributed by atoms with E-state index in [9.17, 15) is 64.2 Å². The van der Waals surface area contributed by atoms with Gasteiger partial charge in [-0.25, -0.2) is 0 Å². The third-order valence-electron chi connectivity index (χ3n) is 6.98. The maximum Gasteiger partial charge on any atom is 0.249 e. The van der Waals surface area contributed by atoms with Crippen molar-refractivity contribution in [3.05, 3.63) is 0 Å². The van der Waals surface area contributed by atoms with Crippen LogP contribution in [0.4, 0.5) is 0 Å². The van der Waals surface area contributed by atoms with Gasteiger partial charge in [-0.1, -0.05) is 0 Å². The van der Waals surface area contributed by atoms with Crippen molar-refractivity contribution >= 4 is 41.5 Å². The van der Waals surface area contributed by atoms with Crippen molar-refractivity contribution in [2.45, 2.75) is 114 Å². The van der Waals surface area contributed by atoms with Gasteiger partial charge in [-0.3, -0.25) is 19.2 Å². The second-order valence-electron chi connectivity index (χ2n) is 10.7. The minimum absolute atomic E-state index is 0. The fourth-order valence-corrected chi connectivity index (χ4v) is 4.35. The molecule has 4 amide bonds. The fraction of sp³-hybridized carbons (Fsp3) is 0.731. The summed E-state index contributed by atoms with van der Waals surface area (Å²) in [6.45, 7) is 2.79. The van der Waals surface area contributed by atoms with E-state index in [0.29, 0.717) is 0 Å². The Kier molecular flexibility index (Phi) is 20.9. The molecule has 0 radical (unpaired) electrons. The monoisotopic (exact) mass is 699 g/mol. The van der Waals surface area contributed by atoms with Crippen LogP contribution in [0.3, 0.4) is 0 Å². The molecule has 1 saturated heterocycles. The smallest absolute Gasteiger partial charge is 0.249 e. The normalized spacial score (nSPS) is 23.3. The summed E-state index contributed by atoms with van der Waals surface area (Å²) in [4.78, 5) is 82.9. The van der Waals surface area contributed by atoms with E-state index in [-0.39, 0.29) is 31.6 Å². The Morgan fingerprint density at radius 1 is 0.854 bits per heavy atom. The van der Waals surface area contributed by atoms with Crippen LogP contribution in [-0.4, -0.2) is 124 Å². The number of carbonyl (C=O) groups is 7. The number of ether oxygens (including phenoxy) is 2. The zero-order chi connectivity index (χ0) is 35.3. The largest absolute Gasteiger partial charge is 0.548 e. The molecule has 48 heavy (non-hydrogen) atoms. The molecule has 0 spiro atoms. The molecule has 278 valence electrons. The van der Waals surface area contributed by atoms with Gasteiger partial charge < -0.3 is 93.8 Å². The van der Waals surface area contributed by atoms with Gasteiger partial charge in [0.1, 0.15) is 42.5 Å². The summed E-state index contributed by atoms with van der Waals surface area (Å²) in [7, 11) is 0. The Hall–Kier alpha value is -4.03. The molecule has 0 aromatic heterocycles. The molecular formula is C26H49N7O15. The third kappa shape index (κ3) is 14.8. The molecule has 0 bridgehead atoms. The lowest BCUT2D eigenvalue weighted by molar-refractivity contribution is -0.438. The lowest BCUT2D eigenvalue weighted by Gasteiger charge is -2.43. The number of amides is 4. The summed E-state index contributed by atoms with van der Waals surface area (Å²) >= 11 is 0. The maximum absolute atomic E-state index is 12.7. The predicted octanol–water partition coefficient (Wildman–Crippen LogP) is -8.63. The number of nitrogens with one attached hydrogen (secondary N) is 4. The first-order chi connectivity index (χ1) is 21.4. The Labute approximate surface area is 275 Å². The van der Waals surface area contributed by atoms with Gasteiger partial charge in [0.25, 0.3) is 0 Å². The quantitative estimate of drug-likeness (QED) is 0.0598. The Morgan fingerprint density at radius 2 is 1.42 bits per heavy atom. The summed E-state index contributed by atoms with van der Waals surface area (Å²) < 4.78 is 10.6. The summed E-state index contributed by atoms with van der Waals surface area (Å²) in [5, 5.41) is 72.6. The van der Waals surface area contributed by atoms with Gasteiger partial charge in [-0.15, -0.1) is 0 Å². The van der Waals surface area contributed by atoms with Crippen molar-refractivity contribution in [2.24, 2.45) is 0 Å². The number of hydrogen-bond donors (Lipinski definition) is 10. The average molecular weight is 700 g/mol. The van der Waals surface area contributed by atoms with E-state index < -0.39 is 122 Å². The summed E-state index contributed by atoms with van der Waals surface area (Å²) in [5.74, 6) is -8.35. The van der Waals surface area contributed by atoms with Gasteiger partial charge in [0.05, 0.1) is 36.6 Å². The van der Waals surface area contributed by atoms with Crippen molar-refractivity contribution in [3.8, 4) is 0 Å². The molecule has 1 fully saturated rings. The molecule has 18 N–H and O–H groups in total. The highest BCUT2D eigenvalue weighted by Gasteiger charge is 2.47. The molecule has 0 saturated carbocycles. The van der Waals surface area contributed by atoms with Crippen molar-refractivity contribution in [1.29, 1.82) is 0 Å². The summed E-state index contributed by atoms with van der Waals surface area (Å²) in [5.41, 5.74) is 3.33. The molecule has 22 nitrogen and oxygen atoms in total. The minimum Gasteiger partial charge on any atom is -0.548 e. The number of aliphatic hydroxyl groups is 3. The van der Waals surface area contributed by atoms with Crippen LogP contribution >= 0.6 is 0 Å². The summed E-state index contributed by atoms with van der Waals surface area (Å²) in [6.07, 6.45) is -8.78. The van der Waals surface area contributed by atoms with Crippen LogP contribution in [0.2, 0.25) is 0 Å². The van der Waals surface area contributed by atoms with Crippen LogP contribution < -0.4 is 54.6 Å². The Balaban J connectivity index is 0. The topological polar surface area (TPSA) is 417 Å². The van der Waals surface area contributed by atoms with Crippen LogP contribution in [0.15, 0.2) is 0 Å². The van der Waals surface area contributed by atoms with E-state index in [4.69, 9.17) is 9.47 Å². The second-order valence-corrected chi connectivity index (χ2v) is 10.7. The highest BCUT2D eigenvalue weighted by molar-refractivity contribution is 5.91. The highest BCUT2D eigenvalue weighted by Crippen LogP contribution is 2.23. The van der Waals surface area contributed by atoms with Gasteiger partial charge in [0, 0.05) is 19.8 Å². The zero-order valence-electron chi connectivity index (χ0n) is 27.5. The van der Waals surface area contributed by atoms with Gasteiger partial charge in [0.2, 0.25) is 23.6 Å². The molecule has 1 aliphatic rings. The molecule has 10 atom stereocenters. The number of rotatable bonds is 19. The van der Waals surface area contributed by atoms with E-state index >= 15 is 0 Å². The number of hydrogen-bond acceptors (Lipinski definition) is 15. The molecule has 1 rings (SSSR count). The van der Waals surface area contributed by atoms with Crippen molar-refractivity contribution < 1.29 is 79.4 Å². The van der Waals surface area contributed by atoms with E-state index in [1.54, 1.807) is 0 Å². The number of aliphatic carboxylic acids is 3. The van der Waals surface area contributed by atoms with Crippen LogP contribution in [0, 0.1) is 0 Å². The molecule has 22 heteroatoms. The lowest BCUT2D eigenvalue weighted by Crippen LogP contribution is -2.68. The number of carbonyl (C=O) groups excluding carboxylic acids is 7. The molecule has 0 aromatic carbocycles. The third-order valence-corrected chi connectivity index (χ3v) is 6.98. The fourth-order valence-electron chi connectivity index (χ4n) is 4.35. The van der Waals surface area contributed by atoms with Crippen LogP contribution in [0.1, 0.15) is 52.9 Å². The van der Waals surface area contributed by atoms with E-state index in [1.165, 1.54) is 13.8 Å². The van der Waals surface area contributed by atoms with Crippen LogP contribution in [-0.2, 0) is 43.0 Å². The Morgan fingerprint density at radius 3 is 1.92 bits per heavy atom. The zero-order valence-corrected chi connectivity index (χ0v) is 27.5. The predicted molar refractivity (Wildman–Crippen MR) is 154 cm³/mol. The van der Waals surface area contributed by atoms with E-state index in [0.717, 1.165) is 6.92 Å².